The van der Waals surface area contributed by atoms with Crippen LogP contribution >= 0.6 is 43.5 Å². The van der Waals surface area contributed by atoms with Crippen LogP contribution in [0.5, 0.6) is 0 Å². The van der Waals surface area contributed by atoms with E-state index in [2.05, 4.69) is 31.9 Å². The van der Waals surface area contributed by atoms with Crippen LogP contribution in [-0.4, -0.2) is 6.29 Å². The first kappa shape index (κ1) is 14.7. The molecule has 0 heterocycles. The lowest BCUT2D eigenvalue weighted by molar-refractivity contribution is 0.112. The number of hydrogen-bond donors (Lipinski definition) is 0. The number of carbonyl (C=O) groups excluding carboxylic acids is 1. The smallest absolute Gasteiger partial charge is 0.150 e. The fourth-order valence-electron chi connectivity index (χ4n) is 1.73. The van der Waals surface area contributed by atoms with Gasteiger partial charge in [0, 0.05) is 16.7 Å². The third-order valence-corrected chi connectivity index (χ3v) is 3.99. The van der Waals surface area contributed by atoms with Crippen LogP contribution < -0.4 is 0 Å². The lowest BCUT2D eigenvalue weighted by atomic mass is 10.0. The van der Waals surface area contributed by atoms with Crippen molar-refractivity contribution in [2.45, 2.75) is 3.74 Å². The quantitative estimate of drug-likeness (QED) is 0.469. The molecule has 0 aromatic heterocycles. The summed E-state index contributed by atoms with van der Waals surface area (Å²) in [5, 5.41) is 0.334. The van der Waals surface area contributed by atoms with Gasteiger partial charge in [-0.15, -0.1) is 0 Å². The van der Waals surface area contributed by atoms with Crippen LogP contribution in [0.25, 0.3) is 11.1 Å². The highest BCUT2D eigenvalue weighted by molar-refractivity contribution is 9.24. The van der Waals surface area contributed by atoms with Gasteiger partial charge in [0.25, 0.3) is 0 Å². The Hall–Kier alpha value is -0.710. The maximum Gasteiger partial charge on any atom is 0.150 e. The predicted molar refractivity (Wildman–Crippen MR) is 82.8 cm³/mol. The second-order valence-corrected chi connectivity index (χ2v) is 7.33. The molecule has 98 valence electrons. The molecule has 2 rings (SSSR count). The lowest BCUT2D eigenvalue weighted by Gasteiger charge is -2.11. The van der Waals surface area contributed by atoms with Crippen molar-refractivity contribution in [2.24, 2.45) is 0 Å². The first-order chi connectivity index (χ1) is 9.04. The van der Waals surface area contributed by atoms with E-state index in [0.717, 1.165) is 6.29 Å². The third kappa shape index (κ3) is 3.07. The number of alkyl halides is 2. The molecule has 0 saturated carbocycles. The Kier molecular flexibility index (Phi) is 4.76. The van der Waals surface area contributed by atoms with Gasteiger partial charge in [0.15, 0.2) is 0 Å². The molecule has 2 aromatic carbocycles. The van der Waals surface area contributed by atoms with Gasteiger partial charge in [0.1, 0.15) is 12.1 Å². The standard InChI is InChI=1S/C14H8Br2ClFO/c15-14(16)10-5-6-11(17)12(13(10)18)9-3-1-8(7-19)2-4-9/h1-7,14H. The molecule has 0 radical (unpaired) electrons. The van der Waals surface area contributed by atoms with Crippen molar-refractivity contribution in [3.8, 4) is 11.1 Å². The zero-order valence-electron chi connectivity index (χ0n) is 9.54. The molecule has 0 aliphatic rings. The van der Waals surface area contributed by atoms with Crippen LogP contribution in [-0.2, 0) is 0 Å². The summed E-state index contributed by atoms with van der Waals surface area (Å²) in [5.41, 5.74) is 1.98. The molecule has 0 amide bonds. The summed E-state index contributed by atoms with van der Waals surface area (Å²) in [6, 6.07) is 9.88. The van der Waals surface area contributed by atoms with E-state index in [9.17, 15) is 9.18 Å². The molecule has 0 unspecified atom stereocenters. The fourth-order valence-corrected chi connectivity index (χ4v) is 2.69. The number of rotatable bonds is 3. The van der Waals surface area contributed by atoms with Crippen LogP contribution in [0.1, 0.15) is 19.7 Å². The van der Waals surface area contributed by atoms with E-state index in [-0.39, 0.29) is 9.55 Å². The van der Waals surface area contributed by atoms with Gasteiger partial charge >= 0.3 is 0 Å². The van der Waals surface area contributed by atoms with Crippen molar-refractivity contribution >= 4 is 49.7 Å². The number of aldehydes is 1. The van der Waals surface area contributed by atoms with E-state index in [0.29, 0.717) is 27.3 Å². The molecule has 0 N–H and O–H groups in total. The molecule has 0 bridgehead atoms. The van der Waals surface area contributed by atoms with Gasteiger partial charge in [0.05, 0.1) is 8.76 Å². The first-order valence-corrected chi connectivity index (χ1v) is 7.57. The molecular formula is C14H8Br2ClFO. The van der Waals surface area contributed by atoms with Crippen LogP contribution in [0.15, 0.2) is 36.4 Å². The summed E-state index contributed by atoms with van der Waals surface area (Å²) in [7, 11) is 0. The first-order valence-electron chi connectivity index (χ1n) is 5.36. The zero-order chi connectivity index (χ0) is 14.0. The topological polar surface area (TPSA) is 17.1 Å². The average Bonchev–Trinajstić information content (AvgIpc) is 2.39. The molecule has 2 aromatic rings. The van der Waals surface area contributed by atoms with Crippen molar-refractivity contribution in [3.63, 3.8) is 0 Å². The van der Waals surface area contributed by atoms with Gasteiger partial charge in [-0.2, -0.15) is 0 Å². The lowest BCUT2D eigenvalue weighted by Crippen LogP contribution is -1.94. The molecule has 0 saturated heterocycles. The van der Waals surface area contributed by atoms with Crippen LogP contribution in [0.4, 0.5) is 4.39 Å². The van der Waals surface area contributed by atoms with Crippen LogP contribution in [0.2, 0.25) is 5.02 Å². The number of halogens is 4. The molecule has 19 heavy (non-hydrogen) atoms. The van der Waals surface area contributed by atoms with E-state index in [1.165, 1.54) is 0 Å². The van der Waals surface area contributed by atoms with E-state index in [1.807, 2.05) is 0 Å². The predicted octanol–water partition coefficient (Wildman–Crippen LogP) is 5.75. The van der Waals surface area contributed by atoms with Gasteiger partial charge in [0.2, 0.25) is 0 Å². The van der Waals surface area contributed by atoms with Crippen molar-refractivity contribution < 1.29 is 9.18 Å². The van der Waals surface area contributed by atoms with Gasteiger partial charge in [-0.1, -0.05) is 73.8 Å². The minimum absolute atomic E-state index is 0.287. The minimum atomic E-state index is -0.384. The van der Waals surface area contributed by atoms with Gasteiger partial charge in [-0.3, -0.25) is 4.79 Å². The monoisotopic (exact) mass is 404 g/mol. The molecule has 0 aliphatic heterocycles. The van der Waals surface area contributed by atoms with Crippen LogP contribution in [0, 0.1) is 5.82 Å². The van der Waals surface area contributed by atoms with Gasteiger partial charge in [-0.05, 0) is 11.6 Å². The van der Waals surface area contributed by atoms with Gasteiger partial charge < -0.3 is 0 Å². The molecule has 0 spiro atoms. The van der Waals surface area contributed by atoms with Crippen molar-refractivity contribution in [1.29, 1.82) is 0 Å². The average molecular weight is 406 g/mol. The molecule has 1 nitrogen and oxygen atoms in total. The summed E-state index contributed by atoms with van der Waals surface area (Å²) < 4.78 is 14.2. The zero-order valence-corrected chi connectivity index (χ0v) is 13.5. The maximum atomic E-state index is 14.4. The van der Waals surface area contributed by atoms with Crippen molar-refractivity contribution in [1.82, 2.24) is 0 Å². The van der Waals surface area contributed by atoms with Crippen molar-refractivity contribution in [2.75, 3.05) is 0 Å². The fraction of sp³-hybridized carbons (Fsp3) is 0.0714. The third-order valence-electron chi connectivity index (χ3n) is 2.69. The molecule has 0 fully saturated rings. The summed E-state index contributed by atoms with van der Waals surface area (Å²) in [6.07, 6.45) is 0.741. The van der Waals surface area contributed by atoms with E-state index >= 15 is 0 Å². The highest BCUT2D eigenvalue weighted by Gasteiger charge is 2.17. The van der Waals surface area contributed by atoms with E-state index in [1.54, 1.807) is 36.4 Å². The Morgan fingerprint density at radius 2 is 1.74 bits per heavy atom. The Morgan fingerprint density at radius 1 is 1.11 bits per heavy atom. The number of carbonyl (C=O) groups is 1. The Morgan fingerprint density at radius 3 is 2.26 bits per heavy atom. The highest BCUT2D eigenvalue weighted by Crippen LogP contribution is 2.38. The SMILES string of the molecule is O=Cc1ccc(-c2c(Cl)ccc(C(Br)Br)c2F)cc1. The summed E-state index contributed by atoms with van der Waals surface area (Å²) in [4.78, 5) is 10.6. The second kappa shape index (κ2) is 6.16. The summed E-state index contributed by atoms with van der Waals surface area (Å²) in [5.74, 6) is -0.384. The largest absolute Gasteiger partial charge is 0.298 e. The summed E-state index contributed by atoms with van der Waals surface area (Å²) >= 11 is 12.6. The van der Waals surface area contributed by atoms with Crippen LogP contribution in [0.3, 0.4) is 0 Å². The Labute approximate surface area is 132 Å². The second-order valence-electron chi connectivity index (χ2n) is 3.87. The Bertz CT molecular complexity index is 612. The van der Waals surface area contributed by atoms with E-state index < -0.39 is 0 Å². The van der Waals surface area contributed by atoms with Gasteiger partial charge in [-0.25, -0.2) is 4.39 Å². The number of hydrogen-bond acceptors (Lipinski definition) is 1. The molecule has 0 atom stereocenters. The Balaban J connectivity index is 2.59. The normalized spacial score (nSPS) is 10.8. The summed E-state index contributed by atoms with van der Waals surface area (Å²) in [6.45, 7) is 0. The van der Waals surface area contributed by atoms with Crippen molar-refractivity contribution in [3.05, 3.63) is 58.4 Å². The highest BCUT2D eigenvalue weighted by atomic mass is 79.9. The molecule has 5 heteroatoms. The molecular weight excluding hydrogens is 398 g/mol. The minimum Gasteiger partial charge on any atom is -0.298 e. The molecule has 0 aliphatic carbocycles. The maximum absolute atomic E-state index is 14.4. The number of benzene rings is 2. The van der Waals surface area contributed by atoms with E-state index in [4.69, 9.17) is 11.6 Å².